The monoisotopic (exact) mass is 198 g/mol. The molecule has 0 bridgehead atoms. The quantitative estimate of drug-likeness (QED) is 0.345. The lowest BCUT2D eigenvalue weighted by Crippen LogP contribution is -2.11. The standard InChI is InChI=1S/C9H10O5/c10-9(14-11)13-7-6-12-8-4-2-1-3-5-8/h1-5,11H,6-7H2. The first-order valence-electron chi connectivity index (χ1n) is 3.99. The third kappa shape index (κ3) is 3.77. The molecule has 0 amide bonds. The maximum atomic E-state index is 10.3. The van der Waals surface area contributed by atoms with Crippen LogP contribution in [0.2, 0.25) is 0 Å². The van der Waals surface area contributed by atoms with Gasteiger partial charge in [0.05, 0.1) is 0 Å². The molecule has 0 saturated heterocycles. The molecule has 0 aliphatic heterocycles. The molecule has 0 fully saturated rings. The van der Waals surface area contributed by atoms with Gasteiger partial charge in [-0.05, 0) is 12.1 Å². The summed E-state index contributed by atoms with van der Waals surface area (Å²) < 4.78 is 9.56. The van der Waals surface area contributed by atoms with E-state index in [0.717, 1.165) is 0 Å². The second-order valence-electron chi connectivity index (χ2n) is 2.35. The lowest BCUT2D eigenvalue weighted by molar-refractivity contribution is -0.201. The van der Waals surface area contributed by atoms with Crippen molar-refractivity contribution in [3.8, 4) is 5.75 Å². The average Bonchev–Trinajstić information content (AvgIpc) is 2.25. The van der Waals surface area contributed by atoms with Crippen LogP contribution in [0.25, 0.3) is 0 Å². The maximum absolute atomic E-state index is 10.3. The van der Waals surface area contributed by atoms with E-state index in [9.17, 15) is 4.79 Å². The van der Waals surface area contributed by atoms with Crippen molar-refractivity contribution in [3.63, 3.8) is 0 Å². The zero-order chi connectivity index (χ0) is 10.2. The summed E-state index contributed by atoms with van der Waals surface area (Å²) in [4.78, 5) is 13.6. The van der Waals surface area contributed by atoms with Gasteiger partial charge in [-0.3, -0.25) is 4.89 Å². The minimum absolute atomic E-state index is 0.0221. The summed E-state index contributed by atoms with van der Waals surface area (Å²) in [5.74, 6) is 0.688. The van der Waals surface area contributed by atoms with Crippen LogP contribution >= 0.6 is 0 Å². The topological polar surface area (TPSA) is 65.0 Å². The van der Waals surface area contributed by atoms with Crippen LogP contribution in [0.1, 0.15) is 0 Å². The van der Waals surface area contributed by atoms with Crippen molar-refractivity contribution in [2.75, 3.05) is 13.2 Å². The van der Waals surface area contributed by atoms with Crippen molar-refractivity contribution in [3.05, 3.63) is 30.3 Å². The van der Waals surface area contributed by atoms with E-state index in [4.69, 9.17) is 9.99 Å². The summed E-state index contributed by atoms with van der Waals surface area (Å²) >= 11 is 0. The lowest BCUT2D eigenvalue weighted by Gasteiger charge is -2.05. The SMILES string of the molecule is O=C(OO)OCCOc1ccccc1. The summed E-state index contributed by atoms with van der Waals surface area (Å²) in [5.41, 5.74) is 0. The molecule has 5 nitrogen and oxygen atoms in total. The average molecular weight is 198 g/mol. The van der Waals surface area contributed by atoms with Crippen LogP contribution in [-0.4, -0.2) is 24.6 Å². The van der Waals surface area contributed by atoms with E-state index in [2.05, 4.69) is 9.62 Å². The summed E-state index contributed by atoms with van der Waals surface area (Å²) in [5, 5.41) is 7.84. The summed E-state index contributed by atoms with van der Waals surface area (Å²) in [6.07, 6.45) is -1.14. The number of hydrogen-bond acceptors (Lipinski definition) is 5. The molecule has 1 N–H and O–H groups in total. The van der Waals surface area contributed by atoms with E-state index in [1.807, 2.05) is 18.2 Å². The molecule has 0 unspecified atom stereocenters. The Balaban J connectivity index is 2.13. The first-order valence-corrected chi connectivity index (χ1v) is 3.99. The Labute approximate surface area is 80.8 Å². The fraction of sp³-hybridized carbons (Fsp3) is 0.222. The van der Waals surface area contributed by atoms with Gasteiger partial charge in [-0.15, -0.1) is 0 Å². The summed E-state index contributed by atoms with van der Waals surface area (Å²) in [6, 6.07) is 9.09. The normalized spacial score (nSPS) is 9.21. The van der Waals surface area contributed by atoms with Gasteiger partial charge in [0.15, 0.2) is 0 Å². The van der Waals surface area contributed by atoms with Gasteiger partial charge in [-0.2, -0.15) is 5.26 Å². The van der Waals surface area contributed by atoms with Crippen molar-refractivity contribution >= 4 is 6.16 Å². The molecule has 0 saturated carbocycles. The van der Waals surface area contributed by atoms with Crippen LogP contribution in [0, 0.1) is 0 Å². The van der Waals surface area contributed by atoms with Crippen LogP contribution in [0.15, 0.2) is 30.3 Å². The van der Waals surface area contributed by atoms with Gasteiger partial charge < -0.3 is 9.47 Å². The number of para-hydroxylation sites is 1. The third-order valence-electron chi connectivity index (χ3n) is 1.39. The largest absolute Gasteiger partial charge is 0.540 e. The highest BCUT2D eigenvalue weighted by atomic mass is 17.1. The van der Waals surface area contributed by atoms with Crippen LogP contribution < -0.4 is 4.74 Å². The van der Waals surface area contributed by atoms with E-state index in [-0.39, 0.29) is 13.2 Å². The van der Waals surface area contributed by atoms with Crippen molar-refractivity contribution < 1.29 is 24.4 Å². The molecule has 0 aromatic heterocycles. The Morgan fingerprint density at radius 3 is 2.57 bits per heavy atom. The number of ether oxygens (including phenoxy) is 2. The molecule has 0 atom stereocenters. The molecule has 76 valence electrons. The summed E-state index contributed by atoms with van der Waals surface area (Å²) in [7, 11) is 0. The Hall–Kier alpha value is -1.75. The first kappa shape index (κ1) is 10.3. The molecule has 0 spiro atoms. The molecule has 0 aliphatic carbocycles. The van der Waals surface area contributed by atoms with Crippen LogP contribution in [0.5, 0.6) is 5.75 Å². The number of carbonyl (C=O) groups is 1. The van der Waals surface area contributed by atoms with Gasteiger partial charge in [0.1, 0.15) is 19.0 Å². The molecule has 1 rings (SSSR count). The Morgan fingerprint density at radius 1 is 1.21 bits per heavy atom. The van der Waals surface area contributed by atoms with Gasteiger partial charge in [-0.1, -0.05) is 18.2 Å². The Bertz CT molecular complexity index is 272. The van der Waals surface area contributed by atoms with Crippen molar-refractivity contribution in [2.24, 2.45) is 0 Å². The highest BCUT2D eigenvalue weighted by Crippen LogP contribution is 2.07. The smallest absolute Gasteiger partial charge is 0.490 e. The van der Waals surface area contributed by atoms with E-state index >= 15 is 0 Å². The molecule has 1 aromatic rings. The molecule has 0 aliphatic rings. The first-order chi connectivity index (χ1) is 6.83. The van der Waals surface area contributed by atoms with E-state index in [1.165, 1.54) is 0 Å². The van der Waals surface area contributed by atoms with Crippen LogP contribution in [-0.2, 0) is 9.62 Å². The highest BCUT2D eigenvalue weighted by molar-refractivity contribution is 5.58. The number of benzene rings is 1. The molecular weight excluding hydrogens is 188 g/mol. The predicted octanol–water partition coefficient (Wildman–Crippen LogP) is 1.69. The maximum Gasteiger partial charge on any atom is 0.540 e. The third-order valence-corrected chi connectivity index (χ3v) is 1.39. The van der Waals surface area contributed by atoms with Gasteiger partial charge >= 0.3 is 6.16 Å². The Kier molecular flexibility index (Phi) is 4.30. The van der Waals surface area contributed by atoms with Crippen LogP contribution in [0.3, 0.4) is 0 Å². The number of carbonyl (C=O) groups excluding carboxylic acids is 1. The molecule has 5 heteroatoms. The molecular formula is C9H10O5. The zero-order valence-electron chi connectivity index (χ0n) is 7.38. The second-order valence-corrected chi connectivity index (χ2v) is 2.35. The summed E-state index contributed by atoms with van der Waals surface area (Å²) in [6.45, 7) is 0.230. The van der Waals surface area contributed by atoms with Crippen molar-refractivity contribution in [2.45, 2.75) is 0 Å². The molecule has 0 radical (unpaired) electrons. The van der Waals surface area contributed by atoms with Gasteiger partial charge in [0.2, 0.25) is 0 Å². The van der Waals surface area contributed by atoms with Crippen molar-refractivity contribution in [1.29, 1.82) is 0 Å². The van der Waals surface area contributed by atoms with E-state index in [0.29, 0.717) is 5.75 Å². The molecule has 1 aromatic carbocycles. The molecule has 14 heavy (non-hydrogen) atoms. The number of hydrogen-bond donors (Lipinski definition) is 1. The van der Waals surface area contributed by atoms with E-state index in [1.54, 1.807) is 12.1 Å². The zero-order valence-corrected chi connectivity index (χ0v) is 7.38. The number of rotatable bonds is 4. The minimum atomic E-state index is -1.14. The highest BCUT2D eigenvalue weighted by Gasteiger charge is 2.01. The Morgan fingerprint density at radius 2 is 1.93 bits per heavy atom. The minimum Gasteiger partial charge on any atom is -0.490 e. The molecule has 0 heterocycles. The van der Waals surface area contributed by atoms with Gasteiger partial charge in [0.25, 0.3) is 0 Å². The second kappa shape index (κ2) is 5.82. The predicted molar refractivity (Wildman–Crippen MR) is 47.0 cm³/mol. The fourth-order valence-corrected chi connectivity index (χ4v) is 0.828. The van der Waals surface area contributed by atoms with Gasteiger partial charge in [-0.25, -0.2) is 4.79 Å². The van der Waals surface area contributed by atoms with Crippen LogP contribution in [0.4, 0.5) is 4.79 Å². The van der Waals surface area contributed by atoms with E-state index < -0.39 is 6.16 Å². The van der Waals surface area contributed by atoms with Gasteiger partial charge in [0, 0.05) is 0 Å². The van der Waals surface area contributed by atoms with Crippen molar-refractivity contribution in [1.82, 2.24) is 0 Å². The lowest BCUT2D eigenvalue weighted by atomic mass is 10.3. The fourth-order valence-electron chi connectivity index (χ4n) is 0.828.